The van der Waals surface area contributed by atoms with E-state index in [-0.39, 0.29) is 0 Å². The van der Waals surface area contributed by atoms with E-state index >= 15 is 0 Å². The Balaban J connectivity index is 2.15. The number of hydrogen-bond acceptors (Lipinski definition) is 0. The lowest BCUT2D eigenvalue weighted by molar-refractivity contribution is 1.52. The monoisotopic (exact) mass is 399 g/mol. The van der Waals surface area contributed by atoms with Crippen molar-refractivity contribution >= 4 is 53.7 Å². The van der Waals surface area contributed by atoms with Gasteiger partial charge in [-0.3, -0.25) is 0 Å². The first-order valence-electron chi connectivity index (χ1n) is 6.69. The van der Waals surface area contributed by atoms with E-state index in [4.69, 9.17) is 0 Å². The van der Waals surface area contributed by atoms with E-state index in [0.717, 1.165) is 14.5 Å². The standard InChI is InChI=1S/C18H11Br2N/c19-12-6-7-13-14-8-9-15(20)17(11-4-2-1-3-5-11)18(14)21-16(13)10-12/h1-10,21H. The molecule has 0 aliphatic heterocycles. The van der Waals surface area contributed by atoms with Crippen molar-refractivity contribution in [1.29, 1.82) is 0 Å². The zero-order chi connectivity index (χ0) is 14.4. The molecule has 0 saturated carbocycles. The average Bonchev–Trinajstić information content (AvgIpc) is 2.85. The molecule has 0 radical (unpaired) electrons. The fourth-order valence-electron chi connectivity index (χ4n) is 2.81. The molecule has 4 aromatic rings. The molecule has 4 rings (SSSR count). The summed E-state index contributed by atoms with van der Waals surface area (Å²) in [6.07, 6.45) is 0. The number of aromatic amines is 1. The zero-order valence-electron chi connectivity index (χ0n) is 11.0. The second kappa shape index (κ2) is 5.00. The molecule has 3 heteroatoms. The first-order chi connectivity index (χ1) is 10.2. The van der Waals surface area contributed by atoms with Crippen LogP contribution in [0.5, 0.6) is 0 Å². The van der Waals surface area contributed by atoms with Crippen LogP contribution in [0.25, 0.3) is 32.9 Å². The summed E-state index contributed by atoms with van der Waals surface area (Å²) in [5.74, 6) is 0. The number of aromatic nitrogens is 1. The third kappa shape index (κ3) is 2.12. The minimum atomic E-state index is 1.09. The minimum absolute atomic E-state index is 1.09. The Kier molecular flexibility index (Phi) is 3.12. The molecule has 0 spiro atoms. The summed E-state index contributed by atoms with van der Waals surface area (Å²) in [4.78, 5) is 3.57. The molecular weight excluding hydrogens is 390 g/mol. The summed E-state index contributed by atoms with van der Waals surface area (Å²) < 4.78 is 2.19. The lowest BCUT2D eigenvalue weighted by Gasteiger charge is -2.06. The van der Waals surface area contributed by atoms with Crippen molar-refractivity contribution in [2.45, 2.75) is 0 Å². The molecular formula is C18H11Br2N. The van der Waals surface area contributed by atoms with E-state index in [2.05, 4.69) is 91.4 Å². The van der Waals surface area contributed by atoms with Gasteiger partial charge in [0.15, 0.2) is 0 Å². The molecule has 1 heterocycles. The SMILES string of the molecule is Brc1ccc2c(c1)[nH]c1c(-c3ccccc3)c(Br)ccc12. The van der Waals surface area contributed by atoms with Gasteiger partial charge < -0.3 is 4.98 Å². The maximum Gasteiger partial charge on any atom is 0.0556 e. The summed E-state index contributed by atoms with van der Waals surface area (Å²) in [5.41, 5.74) is 4.74. The molecule has 0 atom stereocenters. The lowest BCUT2D eigenvalue weighted by Crippen LogP contribution is -1.82. The van der Waals surface area contributed by atoms with Crippen LogP contribution in [-0.4, -0.2) is 4.98 Å². The van der Waals surface area contributed by atoms with Gasteiger partial charge in [0.25, 0.3) is 0 Å². The Morgan fingerprint density at radius 1 is 0.762 bits per heavy atom. The zero-order valence-corrected chi connectivity index (χ0v) is 14.2. The van der Waals surface area contributed by atoms with E-state index in [1.54, 1.807) is 0 Å². The van der Waals surface area contributed by atoms with Gasteiger partial charge in [0.1, 0.15) is 0 Å². The van der Waals surface area contributed by atoms with Gasteiger partial charge in [-0.05, 0) is 23.8 Å². The van der Waals surface area contributed by atoms with Crippen molar-refractivity contribution in [3.05, 3.63) is 69.6 Å². The van der Waals surface area contributed by atoms with Gasteiger partial charge in [-0.15, -0.1) is 0 Å². The Hall–Kier alpha value is -1.58. The van der Waals surface area contributed by atoms with Crippen molar-refractivity contribution in [2.24, 2.45) is 0 Å². The second-order valence-electron chi connectivity index (χ2n) is 5.03. The van der Waals surface area contributed by atoms with Gasteiger partial charge in [-0.25, -0.2) is 0 Å². The van der Waals surface area contributed by atoms with Crippen LogP contribution in [0, 0.1) is 0 Å². The number of nitrogens with one attached hydrogen (secondary N) is 1. The van der Waals surface area contributed by atoms with Gasteiger partial charge in [0.2, 0.25) is 0 Å². The molecule has 0 aliphatic rings. The van der Waals surface area contributed by atoms with Crippen LogP contribution in [0.2, 0.25) is 0 Å². The molecule has 21 heavy (non-hydrogen) atoms. The van der Waals surface area contributed by atoms with E-state index in [1.165, 1.54) is 27.4 Å². The number of hydrogen-bond donors (Lipinski definition) is 1. The maximum absolute atomic E-state index is 3.70. The molecule has 0 fully saturated rings. The highest BCUT2D eigenvalue weighted by atomic mass is 79.9. The molecule has 1 N–H and O–H groups in total. The minimum Gasteiger partial charge on any atom is -0.354 e. The summed E-state index contributed by atoms with van der Waals surface area (Å²) in [7, 11) is 0. The van der Waals surface area contributed by atoms with E-state index in [0.29, 0.717) is 0 Å². The highest BCUT2D eigenvalue weighted by molar-refractivity contribution is 9.10. The lowest BCUT2D eigenvalue weighted by atomic mass is 10.0. The topological polar surface area (TPSA) is 15.8 Å². The quantitative estimate of drug-likeness (QED) is 0.374. The first-order valence-corrected chi connectivity index (χ1v) is 8.27. The van der Waals surface area contributed by atoms with Crippen molar-refractivity contribution in [3.8, 4) is 11.1 Å². The number of H-pyrrole nitrogens is 1. The molecule has 1 aromatic heterocycles. The largest absolute Gasteiger partial charge is 0.354 e. The Bertz CT molecular complexity index is 955. The first kappa shape index (κ1) is 13.1. The third-order valence-corrected chi connectivity index (χ3v) is 4.90. The highest BCUT2D eigenvalue weighted by Gasteiger charge is 2.12. The second-order valence-corrected chi connectivity index (χ2v) is 6.80. The van der Waals surface area contributed by atoms with Crippen LogP contribution < -0.4 is 0 Å². The van der Waals surface area contributed by atoms with E-state index in [1.807, 2.05) is 6.07 Å². The Labute approximate surface area is 139 Å². The molecule has 3 aromatic carbocycles. The molecule has 0 saturated heterocycles. The number of rotatable bonds is 1. The summed E-state index contributed by atoms with van der Waals surface area (Å²) in [5, 5.41) is 2.50. The fraction of sp³-hybridized carbons (Fsp3) is 0. The molecule has 0 unspecified atom stereocenters. The molecule has 0 bridgehead atoms. The van der Waals surface area contributed by atoms with Crippen LogP contribution in [0.3, 0.4) is 0 Å². The van der Waals surface area contributed by atoms with Crippen molar-refractivity contribution in [2.75, 3.05) is 0 Å². The van der Waals surface area contributed by atoms with E-state index in [9.17, 15) is 0 Å². The summed E-state index contributed by atoms with van der Waals surface area (Å²) >= 11 is 7.23. The third-order valence-electron chi connectivity index (χ3n) is 3.75. The van der Waals surface area contributed by atoms with Crippen LogP contribution >= 0.6 is 31.9 Å². The number of fused-ring (bicyclic) bond motifs is 3. The van der Waals surface area contributed by atoms with Crippen LogP contribution in [-0.2, 0) is 0 Å². The van der Waals surface area contributed by atoms with Gasteiger partial charge in [0, 0.05) is 30.8 Å². The maximum atomic E-state index is 3.70. The van der Waals surface area contributed by atoms with Gasteiger partial charge in [0.05, 0.1) is 5.52 Å². The van der Waals surface area contributed by atoms with Crippen molar-refractivity contribution in [3.63, 3.8) is 0 Å². The highest BCUT2D eigenvalue weighted by Crippen LogP contribution is 2.38. The predicted molar refractivity (Wildman–Crippen MR) is 96.6 cm³/mol. The summed E-state index contributed by atoms with van der Waals surface area (Å²) in [6, 6.07) is 21.1. The molecule has 0 amide bonds. The van der Waals surface area contributed by atoms with Crippen molar-refractivity contribution < 1.29 is 0 Å². The average molecular weight is 401 g/mol. The van der Waals surface area contributed by atoms with Crippen molar-refractivity contribution in [1.82, 2.24) is 4.98 Å². The smallest absolute Gasteiger partial charge is 0.0556 e. The molecule has 1 nitrogen and oxygen atoms in total. The van der Waals surface area contributed by atoms with Crippen LogP contribution in [0.1, 0.15) is 0 Å². The Morgan fingerprint density at radius 3 is 2.33 bits per heavy atom. The van der Waals surface area contributed by atoms with Crippen LogP contribution in [0.4, 0.5) is 0 Å². The van der Waals surface area contributed by atoms with Gasteiger partial charge >= 0.3 is 0 Å². The number of benzene rings is 3. The fourth-order valence-corrected chi connectivity index (χ4v) is 3.73. The van der Waals surface area contributed by atoms with Crippen LogP contribution in [0.15, 0.2) is 69.6 Å². The molecule has 0 aliphatic carbocycles. The summed E-state index contributed by atoms with van der Waals surface area (Å²) in [6.45, 7) is 0. The van der Waals surface area contributed by atoms with Gasteiger partial charge in [-0.2, -0.15) is 0 Å². The predicted octanol–water partition coefficient (Wildman–Crippen LogP) is 6.51. The Morgan fingerprint density at radius 2 is 1.52 bits per heavy atom. The van der Waals surface area contributed by atoms with E-state index < -0.39 is 0 Å². The van der Waals surface area contributed by atoms with Gasteiger partial charge in [-0.1, -0.05) is 74.3 Å². The number of halogens is 2. The normalized spacial score (nSPS) is 11.3. The molecule has 102 valence electrons.